The first-order valence-corrected chi connectivity index (χ1v) is 6.95. The largest absolute Gasteiger partial charge is 0.478 e. The van der Waals surface area contributed by atoms with Crippen molar-refractivity contribution in [2.75, 3.05) is 0 Å². The zero-order chi connectivity index (χ0) is 16.6. The minimum Gasteiger partial charge on any atom is -0.478 e. The second kappa shape index (κ2) is 5.53. The SMILES string of the molecule is Cc1ccc2nc(-c3ccccc3C(=O)O)cc(C(=O)O)c2c1. The lowest BCUT2D eigenvalue weighted by atomic mass is 9.99. The molecule has 0 atom stereocenters. The van der Waals surface area contributed by atoms with Crippen LogP contribution in [0.25, 0.3) is 22.2 Å². The van der Waals surface area contributed by atoms with E-state index in [2.05, 4.69) is 4.98 Å². The maximum Gasteiger partial charge on any atom is 0.336 e. The molecule has 0 bridgehead atoms. The van der Waals surface area contributed by atoms with E-state index >= 15 is 0 Å². The molecule has 114 valence electrons. The summed E-state index contributed by atoms with van der Waals surface area (Å²) in [6, 6.07) is 13.2. The number of benzene rings is 2. The van der Waals surface area contributed by atoms with Crippen molar-refractivity contribution < 1.29 is 19.8 Å². The molecule has 0 saturated carbocycles. The molecule has 23 heavy (non-hydrogen) atoms. The quantitative estimate of drug-likeness (QED) is 0.772. The second-order valence-corrected chi connectivity index (χ2v) is 5.23. The van der Waals surface area contributed by atoms with Crippen LogP contribution < -0.4 is 0 Å². The summed E-state index contributed by atoms with van der Waals surface area (Å²) in [7, 11) is 0. The van der Waals surface area contributed by atoms with E-state index in [4.69, 9.17) is 0 Å². The molecule has 2 N–H and O–H groups in total. The number of rotatable bonds is 3. The van der Waals surface area contributed by atoms with E-state index in [0.717, 1.165) is 5.56 Å². The summed E-state index contributed by atoms with van der Waals surface area (Å²) in [5.74, 6) is -2.15. The minimum atomic E-state index is -1.08. The van der Waals surface area contributed by atoms with Crippen molar-refractivity contribution in [2.45, 2.75) is 6.92 Å². The number of hydrogen-bond donors (Lipinski definition) is 2. The fourth-order valence-electron chi connectivity index (χ4n) is 2.55. The van der Waals surface area contributed by atoms with Crippen LogP contribution in [-0.4, -0.2) is 27.1 Å². The van der Waals surface area contributed by atoms with E-state index in [1.54, 1.807) is 30.3 Å². The number of hydrogen-bond acceptors (Lipinski definition) is 3. The van der Waals surface area contributed by atoms with E-state index in [-0.39, 0.29) is 11.1 Å². The molecule has 0 aliphatic carbocycles. The molecule has 0 aliphatic heterocycles. The third-order valence-corrected chi connectivity index (χ3v) is 3.63. The van der Waals surface area contributed by atoms with Crippen molar-refractivity contribution in [1.82, 2.24) is 4.98 Å². The van der Waals surface area contributed by atoms with Crippen LogP contribution in [0.4, 0.5) is 0 Å². The van der Waals surface area contributed by atoms with Crippen LogP contribution in [0.1, 0.15) is 26.3 Å². The molecule has 5 heteroatoms. The normalized spacial score (nSPS) is 10.7. The molecule has 1 aromatic heterocycles. The summed E-state index contributed by atoms with van der Waals surface area (Å²) >= 11 is 0. The van der Waals surface area contributed by atoms with Gasteiger partial charge < -0.3 is 10.2 Å². The summed E-state index contributed by atoms with van der Waals surface area (Å²) in [6.45, 7) is 1.87. The van der Waals surface area contributed by atoms with Crippen LogP contribution in [0.5, 0.6) is 0 Å². The van der Waals surface area contributed by atoms with Gasteiger partial charge in [0.15, 0.2) is 0 Å². The van der Waals surface area contributed by atoms with E-state index in [0.29, 0.717) is 22.2 Å². The molecular formula is C18H13NO4. The molecule has 0 aliphatic rings. The molecule has 0 amide bonds. The van der Waals surface area contributed by atoms with Crippen molar-refractivity contribution in [3.63, 3.8) is 0 Å². The Morgan fingerprint density at radius 2 is 1.61 bits per heavy atom. The Hall–Kier alpha value is -3.21. The molecule has 3 rings (SSSR count). The number of carboxylic acids is 2. The van der Waals surface area contributed by atoms with E-state index in [1.807, 2.05) is 13.0 Å². The summed E-state index contributed by atoms with van der Waals surface area (Å²) in [5, 5.41) is 19.3. The number of nitrogens with zero attached hydrogens (tertiary/aromatic N) is 1. The van der Waals surface area contributed by atoms with E-state index < -0.39 is 11.9 Å². The lowest BCUT2D eigenvalue weighted by Crippen LogP contribution is -2.03. The number of fused-ring (bicyclic) bond motifs is 1. The smallest absolute Gasteiger partial charge is 0.336 e. The van der Waals surface area contributed by atoms with Gasteiger partial charge in [0.25, 0.3) is 0 Å². The van der Waals surface area contributed by atoms with Crippen molar-refractivity contribution >= 4 is 22.8 Å². The molecular weight excluding hydrogens is 294 g/mol. The monoisotopic (exact) mass is 307 g/mol. The van der Waals surface area contributed by atoms with Crippen LogP contribution >= 0.6 is 0 Å². The number of pyridine rings is 1. The maximum atomic E-state index is 11.6. The Balaban J connectivity index is 2.34. The minimum absolute atomic E-state index is 0.0859. The highest BCUT2D eigenvalue weighted by Crippen LogP contribution is 2.28. The Labute approximate surface area is 131 Å². The number of aromatic nitrogens is 1. The molecule has 0 radical (unpaired) electrons. The van der Waals surface area contributed by atoms with Gasteiger partial charge in [-0.2, -0.15) is 0 Å². The van der Waals surface area contributed by atoms with Crippen molar-refractivity contribution in [1.29, 1.82) is 0 Å². The zero-order valence-electron chi connectivity index (χ0n) is 12.3. The summed E-state index contributed by atoms with van der Waals surface area (Å²) < 4.78 is 0. The van der Waals surface area contributed by atoms with Gasteiger partial charge in [-0.15, -0.1) is 0 Å². The lowest BCUT2D eigenvalue weighted by molar-refractivity contribution is 0.0688. The maximum absolute atomic E-state index is 11.6. The molecule has 5 nitrogen and oxygen atoms in total. The zero-order valence-corrected chi connectivity index (χ0v) is 12.3. The molecule has 0 unspecified atom stereocenters. The number of aryl methyl sites for hydroxylation is 1. The first kappa shape index (κ1) is 14.7. The lowest BCUT2D eigenvalue weighted by Gasteiger charge is -2.10. The molecule has 1 heterocycles. The van der Waals surface area contributed by atoms with Crippen LogP contribution in [0.15, 0.2) is 48.5 Å². The van der Waals surface area contributed by atoms with Crippen molar-refractivity contribution in [3.8, 4) is 11.3 Å². The van der Waals surface area contributed by atoms with Gasteiger partial charge in [0.1, 0.15) is 0 Å². The molecule has 0 fully saturated rings. The number of carbonyl (C=O) groups is 2. The molecule has 3 aromatic rings. The average molecular weight is 307 g/mol. The van der Waals surface area contributed by atoms with Gasteiger partial charge in [-0.1, -0.05) is 29.8 Å². The standard InChI is InChI=1S/C18H13NO4/c1-10-6-7-15-13(8-10)14(18(22)23)9-16(19-15)11-4-2-3-5-12(11)17(20)21/h2-9H,1H3,(H,20,21)(H,22,23). The van der Waals surface area contributed by atoms with E-state index in [9.17, 15) is 19.8 Å². The summed E-state index contributed by atoms with van der Waals surface area (Å²) in [4.78, 5) is 27.4. The van der Waals surface area contributed by atoms with Gasteiger partial charge in [0.05, 0.1) is 22.3 Å². The van der Waals surface area contributed by atoms with Gasteiger partial charge >= 0.3 is 11.9 Å². The Morgan fingerprint density at radius 3 is 2.30 bits per heavy atom. The molecule has 0 spiro atoms. The van der Waals surface area contributed by atoms with Crippen molar-refractivity contribution in [3.05, 3.63) is 65.2 Å². The number of aromatic carboxylic acids is 2. The summed E-state index contributed by atoms with van der Waals surface area (Å²) in [6.07, 6.45) is 0. The Bertz CT molecular complexity index is 947. The molecule has 0 saturated heterocycles. The van der Waals surface area contributed by atoms with Gasteiger partial charge in [0.2, 0.25) is 0 Å². The van der Waals surface area contributed by atoms with E-state index in [1.165, 1.54) is 12.1 Å². The first-order chi connectivity index (χ1) is 11.0. The van der Waals surface area contributed by atoms with Crippen LogP contribution in [0.2, 0.25) is 0 Å². The fourth-order valence-corrected chi connectivity index (χ4v) is 2.55. The fraction of sp³-hybridized carbons (Fsp3) is 0.0556. The highest BCUT2D eigenvalue weighted by molar-refractivity contribution is 6.05. The third kappa shape index (κ3) is 2.64. The molecule has 2 aromatic carbocycles. The third-order valence-electron chi connectivity index (χ3n) is 3.63. The average Bonchev–Trinajstić information content (AvgIpc) is 2.53. The Morgan fingerprint density at radius 1 is 0.913 bits per heavy atom. The summed E-state index contributed by atoms with van der Waals surface area (Å²) in [5.41, 5.74) is 2.37. The number of carboxylic acid groups (broad SMARTS) is 2. The predicted molar refractivity (Wildman–Crippen MR) is 85.8 cm³/mol. The van der Waals surface area contributed by atoms with Crippen LogP contribution in [0.3, 0.4) is 0 Å². The van der Waals surface area contributed by atoms with Gasteiger partial charge in [-0.05, 0) is 31.2 Å². The Kier molecular flexibility index (Phi) is 3.54. The highest BCUT2D eigenvalue weighted by atomic mass is 16.4. The van der Waals surface area contributed by atoms with Gasteiger partial charge in [-0.3, -0.25) is 0 Å². The highest BCUT2D eigenvalue weighted by Gasteiger charge is 2.17. The predicted octanol–water partition coefficient (Wildman–Crippen LogP) is 3.61. The van der Waals surface area contributed by atoms with Gasteiger partial charge in [-0.25, -0.2) is 14.6 Å². The topological polar surface area (TPSA) is 87.5 Å². The van der Waals surface area contributed by atoms with Crippen LogP contribution in [0, 0.1) is 6.92 Å². The first-order valence-electron chi connectivity index (χ1n) is 6.95. The van der Waals surface area contributed by atoms with Crippen molar-refractivity contribution in [2.24, 2.45) is 0 Å². The second-order valence-electron chi connectivity index (χ2n) is 5.23. The van der Waals surface area contributed by atoms with Crippen LogP contribution in [-0.2, 0) is 0 Å². The van der Waals surface area contributed by atoms with Gasteiger partial charge in [0, 0.05) is 10.9 Å².